The first kappa shape index (κ1) is 17.0. The van der Waals surface area contributed by atoms with Crippen molar-refractivity contribution in [3.8, 4) is 5.75 Å². The molecule has 0 fully saturated rings. The molecule has 0 heterocycles. The van der Waals surface area contributed by atoms with Crippen molar-refractivity contribution in [1.82, 2.24) is 0 Å². The summed E-state index contributed by atoms with van der Waals surface area (Å²) < 4.78 is 5.85. The molecule has 1 aromatic carbocycles. The largest absolute Gasteiger partial charge is 0.493 e. The van der Waals surface area contributed by atoms with Gasteiger partial charge in [-0.05, 0) is 19.4 Å². The Morgan fingerprint density at radius 2 is 1.60 bits per heavy atom. The molecule has 0 saturated carbocycles. The van der Waals surface area contributed by atoms with Crippen molar-refractivity contribution in [3.05, 3.63) is 29.3 Å². The number of nitrogens with two attached hydrogens (primary N) is 1. The number of unbranched alkanes of at least 4 members (excludes halogenated alkanes) is 7. The lowest BCUT2D eigenvalue weighted by molar-refractivity contribution is 0.301. The van der Waals surface area contributed by atoms with E-state index < -0.39 is 0 Å². The van der Waals surface area contributed by atoms with Crippen LogP contribution in [0.5, 0.6) is 5.75 Å². The Morgan fingerprint density at radius 1 is 0.950 bits per heavy atom. The molecule has 0 radical (unpaired) electrons. The van der Waals surface area contributed by atoms with Crippen LogP contribution in [0.15, 0.2) is 18.2 Å². The molecule has 2 N–H and O–H groups in total. The van der Waals surface area contributed by atoms with E-state index in [4.69, 9.17) is 10.5 Å². The minimum absolute atomic E-state index is 0.550. The normalized spacial score (nSPS) is 10.8. The third-order valence-electron chi connectivity index (χ3n) is 3.69. The Bertz CT molecular complexity index is 362. The molecule has 0 unspecified atom stereocenters. The zero-order valence-electron chi connectivity index (χ0n) is 13.3. The maximum Gasteiger partial charge on any atom is 0.123 e. The molecule has 0 spiro atoms. The number of ether oxygens (including phenoxy) is 1. The smallest absolute Gasteiger partial charge is 0.123 e. The second kappa shape index (κ2) is 10.7. The monoisotopic (exact) mass is 277 g/mol. The van der Waals surface area contributed by atoms with E-state index in [1.807, 2.05) is 6.07 Å². The molecular weight excluding hydrogens is 246 g/mol. The van der Waals surface area contributed by atoms with Gasteiger partial charge in [-0.2, -0.15) is 0 Å². The standard InChI is InChI=1S/C18H31NO/c1-3-4-5-6-7-8-9-10-13-20-18-12-11-16(2)14-17(18)15-19/h11-12,14H,3-10,13,15,19H2,1-2H3. The third-order valence-corrected chi connectivity index (χ3v) is 3.69. The van der Waals surface area contributed by atoms with E-state index in [1.165, 1.54) is 50.5 Å². The van der Waals surface area contributed by atoms with Gasteiger partial charge in [-0.15, -0.1) is 0 Å². The Hall–Kier alpha value is -1.02. The van der Waals surface area contributed by atoms with E-state index in [-0.39, 0.29) is 0 Å². The second-order valence-electron chi connectivity index (χ2n) is 5.64. The fraction of sp³-hybridized carbons (Fsp3) is 0.667. The lowest BCUT2D eigenvalue weighted by Gasteiger charge is -2.11. The predicted octanol–water partition coefficient (Wildman–Crippen LogP) is 4.97. The summed E-state index contributed by atoms with van der Waals surface area (Å²) in [6.07, 6.45) is 10.6. The SMILES string of the molecule is CCCCCCCCCCOc1ccc(C)cc1CN. The van der Waals surface area contributed by atoms with Crippen LogP contribution in [-0.2, 0) is 6.54 Å². The molecule has 0 atom stereocenters. The van der Waals surface area contributed by atoms with Crippen molar-refractivity contribution in [2.45, 2.75) is 71.8 Å². The molecule has 0 amide bonds. The molecule has 2 nitrogen and oxygen atoms in total. The van der Waals surface area contributed by atoms with Gasteiger partial charge in [-0.3, -0.25) is 0 Å². The lowest BCUT2D eigenvalue weighted by atomic mass is 10.1. The van der Waals surface area contributed by atoms with Crippen LogP contribution >= 0.6 is 0 Å². The van der Waals surface area contributed by atoms with Gasteiger partial charge in [0.2, 0.25) is 0 Å². The highest BCUT2D eigenvalue weighted by Gasteiger charge is 2.02. The molecule has 2 heteroatoms. The summed E-state index contributed by atoms with van der Waals surface area (Å²) in [5, 5.41) is 0. The van der Waals surface area contributed by atoms with E-state index in [2.05, 4.69) is 26.0 Å². The summed E-state index contributed by atoms with van der Waals surface area (Å²) in [6, 6.07) is 6.24. The predicted molar refractivity (Wildman–Crippen MR) is 87.2 cm³/mol. The van der Waals surface area contributed by atoms with Gasteiger partial charge in [-0.1, -0.05) is 69.6 Å². The average Bonchev–Trinajstić information content (AvgIpc) is 2.46. The van der Waals surface area contributed by atoms with Gasteiger partial charge in [0.15, 0.2) is 0 Å². The van der Waals surface area contributed by atoms with Gasteiger partial charge in [-0.25, -0.2) is 0 Å². The van der Waals surface area contributed by atoms with Crippen molar-refractivity contribution in [3.63, 3.8) is 0 Å². The van der Waals surface area contributed by atoms with Crippen molar-refractivity contribution in [1.29, 1.82) is 0 Å². The molecule has 114 valence electrons. The molecule has 0 saturated heterocycles. The molecule has 1 rings (SSSR count). The first-order valence-corrected chi connectivity index (χ1v) is 8.20. The van der Waals surface area contributed by atoms with Crippen molar-refractivity contribution >= 4 is 0 Å². The summed E-state index contributed by atoms with van der Waals surface area (Å²) in [5.41, 5.74) is 8.11. The number of rotatable bonds is 11. The molecule has 0 aliphatic rings. The number of hydrogen-bond donors (Lipinski definition) is 1. The van der Waals surface area contributed by atoms with Crippen LogP contribution in [-0.4, -0.2) is 6.61 Å². The van der Waals surface area contributed by atoms with Gasteiger partial charge >= 0.3 is 0 Å². The van der Waals surface area contributed by atoms with E-state index in [0.29, 0.717) is 6.54 Å². The minimum atomic E-state index is 0.550. The van der Waals surface area contributed by atoms with E-state index >= 15 is 0 Å². The molecule has 0 bridgehead atoms. The summed E-state index contributed by atoms with van der Waals surface area (Å²) in [5.74, 6) is 0.959. The molecular formula is C18H31NO. The summed E-state index contributed by atoms with van der Waals surface area (Å²) in [6.45, 7) is 5.71. The Balaban J connectivity index is 2.09. The Labute approximate surface area is 124 Å². The quantitative estimate of drug-likeness (QED) is 0.579. The zero-order chi connectivity index (χ0) is 14.6. The number of aryl methyl sites for hydroxylation is 1. The van der Waals surface area contributed by atoms with Crippen LogP contribution in [0.25, 0.3) is 0 Å². The lowest BCUT2D eigenvalue weighted by Crippen LogP contribution is -2.04. The van der Waals surface area contributed by atoms with Gasteiger partial charge in [0, 0.05) is 12.1 Å². The van der Waals surface area contributed by atoms with E-state index in [0.717, 1.165) is 24.3 Å². The van der Waals surface area contributed by atoms with Gasteiger partial charge in [0.25, 0.3) is 0 Å². The van der Waals surface area contributed by atoms with Crippen LogP contribution in [0.2, 0.25) is 0 Å². The van der Waals surface area contributed by atoms with Crippen molar-refractivity contribution in [2.75, 3.05) is 6.61 Å². The van der Waals surface area contributed by atoms with Crippen molar-refractivity contribution in [2.24, 2.45) is 5.73 Å². The third kappa shape index (κ3) is 6.95. The maximum atomic E-state index is 5.85. The van der Waals surface area contributed by atoms with E-state index in [9.17, 15) is 0 Å². The fourth-order valence-electron chi connectivity index (χ4n) is 2.43. The van der Waals surface area contributed by atoms with Gasteiger partial charge in [0.1, 0.15) is 5.75 Å². The summed E-state index contributed by atoms with van der Waals surface area (Å²) in [4.78, 5) is 0. The Morgan fingerprint density at radius 3 is 2.25 bits per heavy atom. The number of benzene rings is 1. The zero-order valence-corrected chi connectivity index (χ0v) is 13.3. The van der Waals surface area contributed by atoms with Crippen LogP contribution < -0.4 is 10.5 Å². The Kier molecular flexibility index (Phi) is 9.14. The molecule has 0 aromatic heterocycles. The van der Waals surface area contributed by atoms with Crippen molar-refractivity contribution < 1.29 is 4.74 Å². The fourth-order valence-corrected chi connectivity index (χ4v) is 2.43. The molecule has 0 aliphatic carbocycles. The summed E-state index contributed by atoms with van der Waals surface area (Å²) >= 11 is 0. The highest BCUT2D eigenvalue weighted by molar-refractivity contribution is 5.36. The maximum absolute atomic E-state index is 5.85. The molecule has 20 heavy (non-hydrogen) atoms. The van der Waals surface area contributed by atoms with Crippen LogP contribution in [0.1, 0.15) is 69.4 Å². The van der Waals surface area contributed by atoms with Crippen LogP contribution in [0.4, 0.5) is 0 Å². The summed E-state index contributed by atoms with van der Waals surface area (Å²) in [7, 11) is 0. The highest BCUT2D eigenvalue weighted by atomic mass is 16.5. The molecule has 1 aromatic rings. The van der Waals surface area contributed by atoms with E-state index in [1.54, 1.807) is 0 Å². The highest BCUT2D eigenvalue weighted by Crippen LogP contribution is 2.20. The van der Waals surface area contributed by atoms with Crippen LogP contribution in [0, 0.1) is 6.92 Å². The molecule has 0 aliphatic heterocycles. The van der Waals surface area contributed by atoms with Gasteiger partial charge < -0.3 is 10.5 Å². The first-order valence-electron chi connectivity index (χ1n) is 8.20. The van der Waals surface area contributed by atoms with Gasteiger partial charge in [0.05, 0.1) is 6.61 Å². The average molecular weight is 277 g/mol. The second-order valence-corrected chi connectivity index (χ2v) is 5.64. The number of hydrogen-bond acceptors (Lipinski definition) is 2. The first-order chi connectivity index (χ1) is 9.77. The minimum Gasteiger partial charge on any atom is -0.493 e. The van der Waals surface area contributed by atoms with Crippen LogP contribution in [0.3, 0.4) is 0 Å². The topological polar surface area (TPSA) is 35.2 Å².